The van der Waals surface area contributed by atoms with Crippen LogP contribution < -0.4 is 15.0 Å². The molecule has 1 aromatic carbocycles. The number of benzene rings is 1. The Bertz CT molecular complexity index is 453. The molecule has 1 saturated heterocycles. The van der Waals surface area contributed by atoms with E-state index in [-0.39, 0.29) is 5.75 Å². The summed E-state index contributed by atoms with van der Waals surface area (Å²) in [6.45, 7) is 0.352. The van der Waals surface area contributed by atoms with Crippen LogP contribution in [-0.4, -0.2) is 32.8 Å². The molecular weight excluding hydrogens is 240 g/mol. The Labute approximate surface area is 104 Å². The minimum Gasteiger partial charge on any atom is -0.435 e. The van der Waals surface area contributed by atoms with Crippen LogP contribution in [0.3, 0.4) is 0 Å². The number of nitrogens with one attached hydrogen (secondary N) is 1. The van der Waals surface area contributed by atoms with Gasteiger partial charge in [-0.2, -0.15) is 14.0 Å². The number of alkyl halides is 2. The quantitative estimate of drug-likeness (QED) is 0.888. The van der Waals surface area contributed by atoms with Gasteiger partial charge in [-0.1, -0.05) is 0 Å². The van der Waals surface area contributed by atoms with Crippen LogP contribution in [-0.2, 0) is 0 Å². The number of hydrogen-bond acceptors (Lipinski definition) is 4. The van der Waals surface area contributed by atoms with E-state index >= 15 is 0 Å². The summed E-state index contributed by atoms with van der Waals surface area (Å²) in [5.41, 5.74) is 1.06. The van der Waals surface area contributed by atoms with Crippen molar-refractivity contribution < 1.29 is 13.5 Å². The summed E-state index contributed by atoms with van der Waals surface area (Å²) in [4.78, 5) is 2.04. The maximum Gasteiger partial charge on any atom is 0.387 e. The van der Waals surface area contributed by atoms with Crippen molar-refractivity contribution in [3.8, 4) is 11.8 Å². The lowest BCUT2D eigenvalue weighted by Crippen LogP contribution is -2.43. The molecule has 0 unspecified atom stereocenters. The van der Waals surface area contributed by atoms with Gasteiger partial charge in [0.05, 0.1) is 11.6 Å². The number of hydrogen-bond donors (Lipinski definition) is 1. The fourth-order valence-corrected chi connectivity index (χ4v) is 1.92. The summed E-state index contributed by atoms with van der Waals surface area (Å²) in [5.74, 6) is 0.0255. The third-order valence-electron chi connectivity index (χ3n) is 2.73. The van der Waals surface area contributed by atoms with Gasteiger partial charge in [-0.05, 0) is 12.1 Å². The lowest BCUT2D eigenvalue weighted by molar-refractivity contribution is -0.0498. The number of halogens is 2. The molecular formula is C12H13F2N3O. The lowest BCUT2D eigenvalue weighted by atomic mass is 10.1. The zero-order valence-corrected chi connectivity index (χ0v) is 9.70. The standard InChI is InChI=1S/C12H13F2N3O/c13-12(14)18-11-6-9(8-15)5-10(7-11)17-3-1-16-2-4-17/h5-7,12,16H,1-4H2. The molecule has 1 aromatic rings. The monoisotopic (exact) mass is 253 g/mol. The second-order valence-electron chi connectivity index (χ2n) is 3.94. The Kier molecular flexibility index (Phi) is 3.95. The normalized spacial score (nSPS) is 15.6. The van der Waals surface area contributed by atoms with Gasteiger partial charge in [0.15, 0.2) is 0 Å². The number of piperazine rings is 1. The highest BCUT2D eigenvalue weighted by Gasteiger charge is 2.14. The average molecular weight is 253 g/mol. The van der Waals surface area contributed by atoms with Crippen molar-refractivity contribution >= 4 is 5.69 Å². The third-order valence-corrected chi connectivity index (χ3v) is 2.73. The van der Waals surface area contributed by atoms with Gasteiger partial charge in [-0.25, -0.2) is 0 Å². The topological polar surface area (TPSA) is 48.3 Å². The molecule has 0 atom stereocenters. The largest absolute Gasteiger partial charge is 0.435 e. The summed E-state index contributed by atoms with van der Waals surface area (Å²) < 4.78 is 28.8. The molecule has 2 rings (SSSR count). The van der Waals surface area contributed by atoms with Gasteiger partial charge in [0.25, 0.3) is 0 Å². The van der Waals surface area contributed by atoms with Crippen molar-refractivity contribution in [1.29, 1.82) is 5.26 Å². The zero-order valence-electron chi connectivity index (χ0n) is 9.70. The second-order valence-corrected chi connectivity index (χ2v) is 3.94. The Morgan fingerprint density at radius 2 is 2.00 bits per heavy atom. The Morgan fingerprint density at radius 3 is 2.61 bits per heavy atom. The predicted molar refractivity (Wildman–Crippen MR) is 62.9 cm³/mol. The highest BCUT2D eigenvalue weighted by atomic mass is 19.3. The van der Waals surface area contributed by atoms with E-state index in [1.807, 2.05) is 11.0 Å². The Balaban J connectivity index is 2.25. The predicted octanol–water partition coefficient (Wildman–Crippen LogP) is 1.57. The molecule has 4 nitrogen and oxygen atoms in total. The van der Waals surface area contributed by atoms with Crippen LogP contribution >= 0.6 is 0 Å². The van der Waals surface area contributed by atoms with Crippen molar-refractivity contribution in [2.24, 2.45) is 0 Å². The Hall–Kier alpha value is -1.87. The number of ether oxygens (including phenoxy) is 1. The molecule has 0 saturated carbocycles. The minimum absolute atomic E-state index is 0.0255. The molecule has 96 valence electrons. The van der Waals surface area contributed by atoms with Gasteiger partial charge >= 0.3 is 6.61 Å². The minimum atomic E-state index is -2.88. The first-order valence-corrected chi connectivity index (χ1v) is 5.65. The van der Waals surface area contributed by atoms with Crippen LogP contribution in [0.25, 0.3) is 0 Å². The highest BCUT2D eigenvalue weighted by Crippen LogP contribution is 2.25. The van der Waals surface area contributed by atoms with E-state index in [4.69, 9.17) is 5.26 Å². The van der Waals surface area contributed by atoms with Crippen LogP contribution in [0.4, 0.5) is 14.5 Å². The van der Waals surface area contributed by atoms with Gasteiger partial charge in [0.1, 0.15) is 5.75 Å². The summed E-state index contributed by atoms with van der Waals surface area (Å²) in [6, 6.07) is 6.49. The summed E-state index contributed by atoms with van der Waals surface area (Å²) >= 11 is 0. The molecule has 0 amide bonds. The number of rotatable bonds is 3. The van der Waals surface area contributed by atoms with Crippen molar-refractivity contribution in [1.82, 2.24) is 5.32 Å². The van der Waals surface area contributed by atoms with Gasteiger partial charge in [0.2, 0.25) is 0 Å². The molecule has 6 heteroatoms. The highest BCUT2D eigenvalue weighted by molar-refractivity contribution is 5.56. The second kappa shape index (κ2) is 5.65. The van der Waals surface area contributed by atoms with Crippen LogP contribution in [0.1, 0.15) is 5.56 Å². The molecule has 0 aliphatic carbocycles. The van der Waals surface area contributed by atoms with Crippen molar-refractivity contribution in [3.05, 3.63) is 23.8 Å². The van der Waals surface area contributed by atoms with Crippen molar-refractivity contribution in [2.75, 3.05) is 31.1 Å². The molecule has 18 heavy (non-hydrogen) atoms. The van der Waals surface area contributed by atoms with Gasteiger partial charge in [-0.3, -0.25) is 0 Å². The molecule has 1 N–H and O–H groups in total. The first-order valence-electron chi connectivity index (χ1n) is 5.65. The Morgan fingerprint density at radius 1 is 1.28 bits per heavy atom. The van der Waals surface area contributed by atoms with Crippen molar-refractivity contribution in [3.63, 3.8) is 0 Å². The SMILES string of the molecule is N#Cc1cc(OC(F)F)cc(N2CCNCC2)c1. The fourth-order valence-electron chi connectivity index (χ4n) is 1.92. The fraction of sp³-hybridized carbons (Fsp3) is 0.417. The molecule has 1 fully saturated rings. The average Bonchev–Trinajstić information content (AvgIpc) is 2.38. The summed E-state index contributed by atoms with van der Waals surface area (Å²) in [7, 11) is 0. The van der Waals surface area contributed by atoms with Crippen molar-refractivity contribution in [2.45, 2.75) is 6.61 Å². The van der Waals surface area contributed by atoms with Gasteiger partial charge in [-0.15, -0.1) is 0 Å². The van der Waals surface area contributed by atoms with E-state index in [0.717, 1.165) is 31.9 Å². The first kappa shape index (κ1) is 12.6. The smallest absolute Gasteiger partial charge is 0.387 e. The molecule has 1 aliphatic heterocycles. The van der Waals surface area contributed by atoms with E-state index in [1.54, 1.807) is 12.1 Å². The molecule has 0 aromatic heterocycles. The van der Waals surface area contributed by atoms with E-state index in [1.165, 1.54) is 6.07 Å². The van der Waals surface area contributed by atoms with Gasteiger partial charge in [0, 0.05) is 37.9 Å². The zero-order chi connectivity index (χ0) is 13.0. The molecule has 1 aliphatic rings. The van der Waals surface area contributed by atoms with Crippen LogP contribution in [0.15, 0.2) is 18.2 Å². The number of anilines is 1. The third kappa shape index (κ3) is 3.08. The van der Waals surface area contributed by atoms with Gasteiger partial charge < -0.3 is 15.0 Å². The first-order chi connectivity index (χ1) is 8.69. The maximum absolute atomic E-state index is 12.2. The van der Waals surface area contributed by atoms with E-state index < -0.39 is 6.61 Å². The number of nitrogens with zero attached hydrogens (tertiary/aromatic N) is 2. The molecule has 0 spiro atoms. The summed E-state index contributed by atoms with van der Waals surface area (Å²) in [5, 5.41) is 12.1. The molecule has 1 heterocycles. The number of nitriles is 1. The molecule has 0 bridgehead atoms. The van der Waals surface area contributed by atoms with Crippen LogP contribution in [0, 0.1) is 11.3 Å². The van der Waals surface area contributed by atoms with E-state index in [9.17, 15) is 8.78 Å². The lowest BCUT2D eigenvalue weighted by Gasteiger charge is -2.29. The maximum atomic E-state index is 12.2. The van der Waals surface area contributed by atoms with Crippen LogP contribution in [0.5, 0.6) is 5.75 Å². The summed E-state index contributed by atoms with van der Waals surface area (Å²) in [6.07, 6.45) is 0. The van der Waals surface area contributed by atoms with Crippen LogP contribution in [0.2, 0.25) is 0 Å². The molecule has 0 radical (unpaired) electrons. The van der Waals surface area contributed by atoms with E-state index in [2.05, 4.69) is 10.1 Å². The van der Waals surface area contributed by atoms with E-state index in [0.29, 0.717) is 5.56 Å².